The number of anilines is 4. The lowest BCUT2D eigenvalue weighted by Gasteiger charge is -2.12. The Morgan fingerprint density at radius 3 is 2.23 bits per heavy atom. The zero-order valence-electron chi connectivity index (χ0n) is 18.5. The van der Waals surface area contributed by atoms with E-state index >= 15 is 0 Å². The van der Waals surface area contributed by atoms with Gasteiger partial charge in [-0.15, -0.1) is 0 Å². The van der Waals surface area contributed by atoms with Crippen LogP contribution in [0.25, 0.3) is 0 Å². The van der Waals surface area contributed by atoms with Crippen molar-refractivity contribution >= 4 is 40.5 Å². The van der Waals surface area contributed by atoms with Crippen LogP contribution >= 0.6 is 0 Å². The SMILES string of the molecule is CCCCCC(=O)Nc1cccc(NCC(=O)Nc2ccc(C)c(NC(=O)CC)c2)c1. The van der Waals surface area contributed by atoms with Crippen molar-refractivity contribution in [1.29, 1.82) is 0 Å². The average Bonchev–Trinajstić information content (AvgIpc) is 2.75. The van der Waals surface area contributed by atoms with Crippen LogP contribution in [0.4, 0.5) is 22.7 Å². The molecule has 2 aromatic rings. The summed E-state index contributed by atoms with van der Waals surface area (Å²) in [5.74, 6) is -0.301. The normalized spacial score (nSPS) is 10.3. The maximum atomic E-state index is 12.3. The summed E-state index contributed by atoms with van der Waals surface area (Å²) in [4.78, 5) is 36.0. The number of amides is 3. The van der Waals surface area contributed by atoms with E-state index in [1.165, 1.54) is 0 Å². The average molecular weight is 425 g/mol. The van der Waals surface area contributed by atoms with Crippen LogP contribution in [-0.4, -0.2) is 24.3 Å². The van der Waals surface area contributed by atoms with Gasteiger partial charge in [0.25, 0.3) is 0 Å². The molecule has 0 aromatic heterocycles. The molecule has 4 N–H and O–H groups in total. The molecule has 0 atom stereocenters. The Bertz CT molecular complexity index is 911. The molecule has 166 valence electrons. The number of nitrogens with one attached hydrogen (secondary N) is 4. The minimum absolute atomic E-state index is 0.00585. The van der Waals surface area contributed by atoms with E-state index in [9.17, 15) is 14.4 Å². The van der Waals surface area contributed by atoms with Crippen molar-refractivity contribution in [2.75, 3.05) is 27.8 Å². The first-order valence-corrected chi connectivity index (χ1v) is 10.8. The molecule has 0 unspecified atom stereocenters. The molecular formula is C24H32N4O3. The largest absolute Gasteiger partial charge is 0.376 e. The van der Waals surface area contributed by atoms with Gasteiger partial charge in [-0.1, -0.05) is 38.8 Å². The summed E-state index contributed by atoms with van der Waals surface area (Å²) in [6, 6.07) is 12.7. The van der Waals surface area contributed by atoms with Crippen molar-refractivity contribution in [3.63, 3.8) is 0 Å². The van der Waals surface area contributed by atoms with Crippen LogP contribution in [0.5, 0.6) is 0 Å². The van der Waals surface area contributed by atoms with Gasteiger partial charge < -0.3 is 21.3 Å². The maximum Gasteiger partial charge on any atom is 0.243 e. The van der Waals surface area contributed by atoms with E-state index in [0.29, 0.717) is 29.9 Å². The fourth-order valence-electron chi connectivity index (χ4n) is 2.93. The van der Waals surface area contributed by atoms with Crippen molar-refractivity contribution in [3.8, 4) is 0 Å². The smallest absolute Gasteiger partial charge is 0.243 e. The highest BCUT2D eigenvalue weighted by molar-refractivity contribution is 5.96. The summed E-state index contributed by atoms with van der Waals surface area (Å²) >= 11 is 0. The zero-order chi connectivity index (χ0) is 22.6. The molecule has 7 heteroatoms. The van der Waals surface area contributed by atoms with Gasteiger partial charge in [0.05, 0.1) is 6.54 Å². The number of unbranched alkanes of at least 4 members (excludes halogenated alkanes) is 2. The predicted molar refractivity (Wildman–Crippen MR) is 126 cm³/mol. The van der Waals surface area contributed by atoms with Crippen molar-refractivity contribution in [2.24, 2.45) is 0 Å². The molecule has 0 radical (unpaired) electrons. The number of carbonyl (C=O) groups excluding carboxylic acids is 3. The van der Waals surface area contributed by atoms with Gasteiger partial charge in [-0.25, -0.2) is 0 Å². The summed E-state index contributed by atoms with van der Waals surface area (Å²) in [6.45, 7) is 5.85. The lowest BCUT2D eigenvalue weighted by atomic mass is 10.1. The molecule has 0 aliphatic carbocycles. The van der Waals surface area contributed by atoms with E-state index in [0.717, 1.165) is 30.5 Å². The fraction of sp³-hybridized carbons (Fsp3) is 0.375. The second-order valence-electron chi connectivity index (χ2n) is 7.42. The third-order valence-electron chi connectivity index (χ3n) is 4.72. The topological polar surface area (TPSA) is 99.3 Å². The molecule has 0 aliphatic rings. The van der Waals surface area contributed by atoms with E-state index < -0.39 is 0 Å². The van der Waals surface area contributed by atoms with Gasteiger partial charge in [0, 0.05) is 35.6 Å². The number of aryl methyl sites for hydroxylation is 1. The Morgan fingerprint density at radius 2 is 1.48 bits per heavy atom. The third kappa shape index (κ3) is 8.50. The van der Waals surface area contributed by atoms with Gasteiger partial charge >= 0.3 is 0 Å². The number of rotatable bonds is 11. The lowest BCUT2D eigenvalue weighted by molar-refractivity contribution is -0.117. The minimum Gasteiger partial charge on any atom is -0.376 e. The van der Waals surface area contributed by atoms with Crippen molar-refractivity contribution < 1.29 is 14.4 Å². The summed E-state index contributed by atoms with van der Waals surface area (Å²) < 4.78 is 0. The van der Waals surface area contributed by atoms with E-state index in [4.69, 9.17) is 0 Å². The van der Waals surface area contributed by atoms with Crippen LogP contribution in [-0.2, 0) is 14.4 Å². The number of carbonyl (C=O) groups is 3. The minimum atomic E-state index is -0.217. The highest BCUT2D eigenvalue weighted by atomic mass is 16.2. The highest BCUT2D eigenvalue weighted by Gasteiger charge is 2.08. The second kappa shape index (κ2) is 12.4. The van der Waals surface area contributed by atoms with E-state index in [-0.39, 0.29) is 24.3 Å². The standard InChI is InChI=1S/C24H32N4O3/c1-4-6-7-11-23(30)26-19-10-8-9-18(14-19)25-16-24(31)27-20-13-12-17(3)21(15-20)28-22(29)5-2/h8-10,12-15,25H,4-7,11,16H2,1-3H3,(H,26,30)(H,27,31)(H,28,29). The predicted octanol–water partition coefficient (Wildman–Crippen LogP) is 4.91. The molecule has 0 saturated heterocycles. The van der Waals surface area contributed by atoms with Crippen LogP contribution in [0.3, 0.4) is 0 Å². The second-order valence-corrected chi connectivity index (χ2v) is 7.42. The maximum absolute atomic E-state index is 12.3. The molecule has 2 aromatic carbocycles. The quantitative estimate of drug-likeness (QED) is 0.385. The number of benzene rings is 2. The number of hydrogen-bond acceptors (Lipinski definition) is 4. The van der Waals surface area contributed by atoms with Crippen molar-refractivity contribution in [2.45, 2.75) is 52.9 Å². The molecular weight excluding hydrogens is 392 g/mol. The van der Waals surface area contributed by atoms with E-state index in [2.05, 4.69) is 28.2 Å². The summed E-state index contributed by atoms with van der Waals surface area (Å²) in [7, 11) is 0. The molecule has 0 spiro atoms. The van der Waals surface area contributed by atoms with Gasteiger partial charge in [-0.3, -0.25) is 14.4 Å². The summed E-state index contributed by atoms with van der Waals surface area (Å²) in [6.07, 6.45) is 3.89. The first-order valence-electron chi connectivity index (χ1n) is 10.8. The first kappa shape index (κ1) is 23.9. The van der Waals surface area contributed by atoms with Crippen LogP contribution in [0.2, 0.25) is 0 Å². The molecule has 0 bridgehead atoms. The van der Waals surface area contributed by atoms with Crippen LogP contribution < -0.4 is 21.3 Å². The third-order valence-corrected chi connectivity index (χ3v) is 4.72. The molecule has 0 heterocycles. The van der Waals surface area contributed by atoms with Crippen molar-refractivity contribution in [1.82, 2.24) is 0 Å². The molecule has 0 aliphatic heterocycles. The van der Waals surface area contributed by atoms with Gasteiger partial charge in [0.1, 0.15) is 0 Å². The lowest BCUT2D eigenvalue weighted by Crippen LogP contribution is -2.22. The van der Waals surface area contributed by atoms with Crippen LogP contribution in [0.1, 0.15) is 51.5 Å². The first-order chi connectivity index (χ1) is 14.9. The van der Waals surface area contributed by atoms with Crippen LogP contribution in [0.15, 0.2) is 42.5 Å². The Kier molecular flexibility index (Phi) is 9.55. The molecule has 0 fully saturated rings. The van der Waals surface area contributed by atoms with E-state index in [1.54, 1.807) is 25.1 Å². The molecule has 3 amide bonds. The fourth-order valence-corrected chi connectivity index (χ4v) is 2.93. The van der Waals surface area contributed by atoms with Crippen molar-refractivity contribution in [3.05, 3.63) is 48.0 Å². The Morgan fingerprint density at radius 1 is 0.774 bits per heavy atom. The molecule has 7 nitrogen and oxygen atoms in total. The Labute approximate surface area is 184 Å². The van der Waals surface area contributed by atoms with Crippen LogP contribution in [0, 0.1) is 6.92 Å². The van der Waals surface area contributed by atoms with Gasteiger partial charge in [0.15, 0.2) is 0 Å². The summed E-state index contributed by atoms with van der Waals surface area (Å²) in [5, 5.41) is 11.6. The Hall–Kier alpha value is -3.35. The highest BCUT2D eigenvalue weighted by Crippen LogP contribution is 2.21. The van der Waals surface area contributed by atoms with Gasteiger partial charge in [-0.05, 0) is 49.2 Å². The molecule has 0 saturated carbocycles. The van der Waals surface area contributed by atoms with Gasteiger partial charge in [-0.2, -0.15) is 0 Å². The van der Waals surface area contributed by atoms with E-state index in [1.807, 2.05) is 31.2 Å². The van der Waals surface area contributed by atoms with Gasteiger partial charge in [0.2, 0.25) is 17.7 Å². The monoisotopic (exact) mass is 424 g/mol. The number of hydrogen-bond donors (Lipinski definition) is 4. The Balaban J connectivity index is 1.88. The summed E-state index contributed by atoms with van der Waals surface area (Å²) in [5.41, 5.74) is 3.64. The zero-order valence-corrected chi connectivity index (χ0v) is 18.5. The molecule has 2 rings (SSSR count). The molecule has 31 heavy (non-hydrogen) atoms.